The molecular formula is C22H22Cl2F3N9O5S. The third-order valence-corrected chi connectivity index (χ3v) is 7.96. The Bertz CT molecular complexity index is 1780. The van der Waals surface area contributed by atoms with Crippen LogP contribution in [0.5, 0.6) is 0 Å². The zero-order valence-electron chi connectivity index (χ0n) is 21.4. The number of nitrogens with zero attached hydrogens (tertiary/aromatic N) is 6. The van der Waals surface area contributed by atoms with Crippen LogP contribution in [0.1, 0.15) is 28.9 Å². The van der Waals surface area contributed by atoms with Crippen LogP contribution in [0.3, 0.4) is 0 Å². The zero-order chi connectivity index (χ0) is 31.0. The molecule has 1 saturated heterocycles. The number of hydrogen-bond donors (Lipinski definition) is 4. The third kappa shape index (κ3) is 6.45. The van der Waals surface area contributed by atoms with E-state index in [0.717, 1.165) is 0 Å². The van der Waals surface area contributed by atoms with E-state index in [9.17, 15) is 26.4 Å². The number of amides is 1. The summed E-state index contributed by atoms with van der Waals surface area (Å²) in [7, 11) is -3.40. The van der Waals surface area contributed by atoms with Gasteiger partial charge in [-0.1, -0.05) is 23.2 Å². The molecular weight excluding hydrogens is 630 g/mol. The summed E-state index contributed by atoms with van der Waals surface area (Å²) >= 11 is 12.9. The van der Waals surface area contributed by atoms with E-state index in [1.54, 1.807) is 36.0 Å². The fourth-order valence-electron chi connectivity index (χ4n) is 4.16. The Hall–Kier alpha value is -3.87. The molecule has 1 fully saturated rings. The molecule has 1 aliphatic rings. The van der Waals surface area contributed by atoms with Crippen molar-refractivity contribution in [1.82, 2.24) is 34.3 Å². The summed E-state index contributed by atoms with van der Waals surface area (Å²) in [4.78, 5) is 28.2. The minimum Gasteiger partial charge on any atom is -0.475 e. The number of carbonyl (C=O) groups excluding carboxylic acids is 1. The standard InChI is InChI=1S/C20H21Cl2N9O3S.C2HF3O2/c1-11(27-19(32)15-17(23)28-30-5-2-3-24-18(15)30)12-9-13(21)16-14(22)10-25-31(16)20(12)29-6-4-26-35(33,34)8-7-29;3-2(4,5)1(6)7/h2-3,5,9-11,26H,4,6-8H2,1H3,(H2,23,28)(H,27,32);(H,6,7). The Balaban J connectivity index is 0.000000517. The molecule has 0 bridgehead atoms. The molecule has 0 aromatic carbocycles. The number of halogens is 5. The molecule has 0 radical (unpaired) electrons. The molecule has 5 heterocycles. The van der Waals surface area contributed by atoms with Crippen LogP contribution in [0, 0.1) is 0 Å². The predicted molar refractivity (Wildman–Crippen MR) is 146 cm³/mol. The first-order valence-corrected chi connectivity index (χ1v) is 14.3. The van der Waals surface area contributed by atoms with Gasteiger partial charge in [0.05, 0.1) is 28.0 Å². The number of sulfonamides is 1. The van der Waals surface area contributed by atoms with Crippen LogP contribution in [0.25, 0.3) is 11.2 Å². The Morgan fingerprint density at radius 3 is 2.60 bits per heavy atom. The minimum atomic E-state index is -5.08. The largest absolute Gasteiger partial charge is 0.490 e. The molecule has 0 spiro atoms. The highest BCUT2D eigenvalue weighted by molar-refractivity contribution is 7.89. The average molecular weight is 652 g/mol. The lowest BCUT2D eigenvalue weighted by atomic mass is 10.1. The number of aliphatic carboxylic acids is 1. The summed E-state index contributed by atoms with van der Waals surface area (Å²) in [6, 6.07) is 2.81. The van der Waals surface area contributed by atoms with E-state index in [0.29, 0.717) is 39.1 Å². The molecule has 226 valence electrons. The third-order valence-electron chi connectivity index (χ3n) is 6.03. The van der Waals surface area contributed by atoms with Crippen molar-refractivity contribution >= 4 is 67.9 Å². The first-order valence-electron chi connectivity index (χ1n) is 11.9. The minimum absolute atomic E-state index is 0.0461. The van der Waals surface area contributed by atoms with Gasteiger partial charge in [-0.2, -0.15) is 18.3 Å². The van der Waals surface area contributed by atoms with Gasteiger partial charge in [-0.3, -0.25) is 4.79 Å². The number of carboxylic acids is 1. The van der Waals surface area contributed by atoms with E-state index in [1.807, 2.05) is 4.90 Å². The van der Waals surface area contributed by atoms with Crippen LogP contribution in [0.4, 0.5) is 24.8 Å². The Kier molecular flexibility index (Phi) is 8.72. The van der Waals surface area contributed by atoms with Crippen LogP contribution < -0.4 is 20.7 Å². The van der Waals surface area contributed by atoms with Crippen molar-refractivity contribution in [1.29, 1.82) is 0 Å². The molecule has 20 heteroatoms. The number of rotatable bonds is 4. The van der Waals surface area contributed by atoms with Crippen molar-refractivity contribution in [2.24, 2.45) is 0 Å². The Labute approximate surface area is 245 Å². The first-order chi connectivity index (χ1) is 19.6. The van der Waals surface area contributed by atoms with Gasteiger partial charge in [0.25, 0.3) is 5.91 Å². The summed E-state index contributed by atoms with van der Waals surface area (Å²) < 4.78 is 61.5. The number of nitrogens with one attached hydrogen (secondary N) is 2. The molecule has 1 aliphatic heterocycles. The van der Waals surface area contributed by atoms with Crippen molar-refractivity contribution in [3.05, 3.63) is 51.9 Å². The topological polar surface area (TPSA) is 189 Å². The SMILES string of the molecule is CC(NC(=O)c1c(N)nn2cccnc12)c1cc(Cl)c2c(Cl)cnn2c1N1CCNS(=O)(=O)CC1.O=C(O)C(F)(F)F. The highest BCUT2D eigenvalue weighted by atomic mass is 35.5. The van der Waals surface area contributed by atoms with Crippen molar-refractivity contribution < 1.29 is 36.3 Å². The van der Waals surface area contributed by atoms with Crippen LogP contribution >= 0.6 is 23.2 Å². The highest BCUT2D eigenvalue weighted by Crippen LogP contribution is 2.36. The van der Waals surface area contributed by atoms with Crippen LogP contribution in [0.15, 0.2) is 30.7 Å². The second-order valence-corrected chi connectivity index (χ2v) is 11.6. The number of pyridine rings is 1. The highest BCUT2D eigenvalue weighted by Gasteiger charge is 2.38. The molecule has 1 amide bonds. The Morgan fingerprint density at radius 1 is 1.24 bits per heavy atom. The molecule has 4 aromatic heterocycles. The summed E-state index contributed by atoms with van der Waals surface area (Å²) in [5.74, 6) is -2.70. The fourth-order valence-corrected chi connectivity index (χ4v) is 5.74. The maximum Gasteiger partial charge on any atom is 0.490 e. The van der Waals surface area contributed by atoms with Gasteiger partial charge in [-0.15, -0.1) is 5.10 Å². The lowest BCUT2D eigenvalue weighted by Gasteiger charge is -2.28. The van der Waals surface area contributed by atoms with Gasteiger partial charge in [0, 0.05) is 37.6 Å². The number of hydrogen-bond acceptors (Lipinski definition) is 9. The summed E-state index contributed by atoms with van der Waals surface area (Å²) in [6.45, 7) is 2.59. The summed E-state index contributed by atoms with van der Waals surface area (Å²) in [5.41, 5.74) is 7.59. The lowest BCUT2D eigenvalue weighted by Crippen LogP contribution is -2.34. The van der Waals surface area contributed by atoms with Crippen LogP contribution in [0.2, 0.25) is 10.0 Å². The molecule has 0 saturated carbocycles. The maximum atomic E-state index is 13.2. The molecule has 1 atom stereocenters. The van der Waals surface area contributed by atoms with E-state index in [1.165, 1.54) is 10.7 Å². The number of nitrogen functional groups attached to an aromatic ring is 1. The van der Waals surface area contributed by atoms with E-state index < -0.39 is 34.1 Å². The molecule has 0 aliphatic carbocycles. The van der Waals surface area contributed by atoms with Gasteiger partial charge in [0.1, 0.15) is 16.9 Å². The van der Waals surface area contributed by atoms with Gasteiger partial charge >= 0.3 is 12.1 Å². The first kappa shape index (κ1) is 31.1. The van der Waals surface area contributed by atoms with Crippen molar-refractivity contribution in [3.8, 4) is 0 Å². The van der Waals surface area contributed by atoms with E-state index >= 15 is 0 Å². The molecule has 1 unspecified atom stereocenters. The summed E-state index contributed by atoms with van der Waals surface area (Å²) in [5, 5.41) is 19.3. The average Bonchev–Trinajstić information content (AvgIpc) is 3.39. The molecule has 42 heavy (non-hydrogen) atoms. The van der Waals surface area contributed by atoms with Gasteiger partial charge < -0.3 is 21.1 Å². The zero-order valence-corrected chi connectivity index (χ0v) is 23.8. The quantitative estimate of drug-likeness (QED) is 0.254. The fraction of sp³-hybridized carbons (Fsp3) is 0.318. The number of carboxylic acid groups (broad SMARTS) is 1. The molecule has 4 aromatic rings. The molecule has 14 nitrogen and oxygen atoms in total. The normalized spacial score (nSPS) is 16.0. The lowest BCUT2D eigenvalue weighted by molar-refractivity contribution is -0.192. The number of aromatic nitrogens is 5. The number of anilines is 2. The van der Waals surface area contributed by atoms with Crippen molar-refractivity contribution in [2.75, 3.05) is 36.0 Å². The number of carbonyl (C=O) groups is 2. The number of alkyl halides is 3. The Morgan fingerprint density at radius 2 is 1.93 bits per heavy atom. The van der Waals surface area contributed by atoms with E-state index in [-0.39, 0.29) is 30.2 Å². The predicted octanol–water partition coefficient (Wildman–Crippen LogP) is 2.13. The van der Waals surface area contributed by atoms with Gasteiger partial charge in [-0.05, 0) is 19.1 Å². The second kappa shape index (κ2) is 11.8. The second-order valence-electron chi connectivity index (χ2n) is 8.87. The summed E-state index contributed by atoms with van der Waals surface area (Å²) in [6.07, 6.45) is -0.420. The number of nitrogens with two attached hydrogens (primary N) is 1. The van der Waals surface area contributed by atoms with Gasteiger partial charge in [0.2, 0.25) is 10.0 Å². The van der Waals surface area contributed by atoms with E-state index in [2.05, 4.69) is 25.2 Å². The van der Waals surface area contributed by atoms with Crippen molar-refractivity contribution in [3.63, 3.8) is 0 Å². The van der Waals surface area contributed by atoms with Gasteiger partial charge in [-0.25, -0.2) is 31.9 Å². The molecule has 5 N–H and O–H groups in total. The van der Waals surface area contributed by atoms with E-state index in [4.69, 9.17) is 38.8 Å². The monoisotopic (exact) mass is 651 g/mol. The van der Waals surface area contributed by atoms with Crippen molar-refractivity contribution in [2.45, 2.75) is 19.1 Å². The maximum absolute atomic E-state index is 13.2. The molecule has 5 rings (SSSR count). The van der Waals surface area contributed by atoms with Crippen LogP contribution in [-0.2, 0) is 14.8 Å². The van der Waals surface area contributed by atoms with Gasteiger partial charge in [0.15, 0.2) is 11.5 Å². The number of fused-ring (bicyclic) bond motifs is 2. The van der Waals surface area contributed by atoms with Crippen LogP contribution in [-0.4, -0.2) is 81.2 Å². The smallest absolute Gasteiger partial charge is 0.475 e.